The molecule has 0 saturated carbocycles. The van der Waals surface area contributed by atoms with E-state index in [0.717, 1.165) is 6.42 Å². The molecule has 1 atom stereocenters. The number of rotatable bonds is 8. The number of unbranched alkanes of at least 4 members (excludes halogenated alkanes) is 4. The number of nitrogens with one attached hydrogen (secondary N) is 1. The van der Waals surface area contributed by atoms with E-state index in [-0.39, 0.29) is 6.04 Å². The van der Waals surface area contributed by atoms with Crippen molar-refractivity contribution >= 4 is 0 Å². The van der Waals surface area contributed by atoms with Gasteiger partial charge in [0.15, 0.2) is 0 Å². The van der Waals surface area contributed by atoms with Gasteiger partial charge in [-0.1, -0.05) is 39.0 Å². The van der Waals surface area contributed by atoms with Crippen molar-refractivity contribution in [3.63, 3.8) is 0 Å². The van der Waals surface area contributed by atoms with Crippen molar-refractivity contribution in [3.8, 4) is 0 Å². The van der Waals surface area contributed by atoms with Gasteiger partial charge in [0.2, 0.25) is 0 Å². The van der Waals surface area contributed by atoms with Crippen LogP contribution < -0.4 is 11.3 Å². The molecule has 0 spiro atoms. The van der Waals surface area contributed by atoms with Gasteiger partial charge in [0.1, 0.15) is 0 Å². The summed E-state index contributed by atoms with van der Waals surface area (Å²) < 4.78 is 0. The number of aromatic nitrogens is 1. The quantitative estimate of drug-likeness (QED) is 0.403. The van der Waals surface area contributed by atoms with Gasteiger partial charge in [-0.2, -0.15) is 0 Å². The number of hydrogen-bond donors (Lipinski definition) is 2. The zero-order valence-corrected chi connectivity index (χ0v) is 10.2. The first-order valence-electron chi connectivity index (χ1n) is 6.24. The fourth-order valence-electron chi connectivity index (χ4n) is 1.89. The van der Waals surface area contributed by atoms with Crippen LogP contribution in [0.15, 0.2) is 24.5 Å². The Labute approximate surface area is 98.4 Å². The van der Waals surface area contributed by atoms with Crippen molar-refractivity contribution in [1.82, 2.24) is 10.4 Å². The smallest absolute Gasteiger partial charge is 0.0461 e. The molecule has 0 aliphatic carbocycles. The number of nitrogens with zero attached hydrogens (tertiary/aromatic N) is 1. The first-order chi connectivity index (χ1) is 7.88. The molecule has 0 saturated heterocycles. The van der Waals surface area contributed by atoms with Crippen LogP contribution in [0.5, 0.6) is 0 Å². The molecule has 0 aliphatic rings. The Hall–Kier alpha value is -0.930. The lowest BCUT2D eigenvalue weighted by atomic mass is 10.0. The van der Waals surface area contributed by atoms with Gasteiger partial charge in [-0.25, -0.2) is 0 Å². The summed E-state index contributed by atoms with van der Waals surface area (Å²) in [7, 11) is 0. The largest absolute Gasteiger partial charge is 0.271 e. The van der Waals surface area contributed by atoms with Crippen molar-refractivity contribution in [1.29, 1.82) is 0 Å². The normalized spacial score (nSPS) is 12.6. The second-order valence-corrected chi connectivity index (χ2v) is 4.20. The highest BCUT2D eigenvalue weighted by molar-refractivity contribution is 5.14. The molecule has 1 aromatic heterocycles. The molecule has 16 heavy (non-hydrogen) atoms. The molecule has 0 aromatic carbocycles. The molecule has 0 radical (unpaired) electrons. The van der Waals surface area contributed by atoms with Crippen LogP contribution in [0, 0.1) is 0 Å². The lowest BCUT2D eigenvalue weighted by molar-refractivity contribution is 0.478. The average molecular weight is 221 g/mol. The van der Waals surface area contributed by atoms with E-state index in [2.05, 4.69) is 17.3 Å². The predicted molar refractivity (Wildman–Crippen MR) is 67.7 cm³/mol. The number of pyridine rings is 1. The van der Waals surface area contributed by atoms with Crippen molar-refractivity contribution < 1.29 is 0 Å². The van der Waals surface area contributed by atoms with Crippen LogP contribution in [0.2, 0.25) is 0 Å². The highest BCUT2D eigenvalue weighted by Crippen LogP contribution is 2.18. The Morgan fingerprint density at radius 2 is 1.88 bits per heavy atom. The van der Waals surface area contributed by atoms with Gasteiger partial charge in [-0.3, -0.25) is 16.3 Å². The first-order valence-corrected chi connectivity index (χ1v) is 6.24. The second-order valence-electron chi connectivity index (χ2n) is 4.20. The van der Waals surface area contributed by atoms with Crippen molar-refractivity contribution in [2.45, 2.75) is 51.5 Å². The van der Waals surface area contributed by atoms with Crippen LogP contribution in [0.25, 0.3) is 0 Å². The Morgan fingerprint density at radius 3 is 2.50 bits per heavy atom. The van der Waals surface area contributed by atoms with E-state index in [1.165, 1.54) is 37.7 Å². The van der Waals surface area contributed by atoms with Gasteiger partial charge in [-0.05, 0) is 24.1 Å². The highest BCUT2D eigenvalue weighted by atomic mass is 15.2. The minimum absolute atomic E-state index is 0.268. The van der Waals surface area contributed by atoms with Gasteiger partial charge in [0, 0.05) is 18.4 Å². The zero-order chi connectivity index (χ0) is 11.6. The maximum absolute atomic E-state index is 5.58. The van der Waals surface area contributed by atoms with Crippen LogP contribution in [-0.4, -0.2) is 4.98 Å². The minimum atomic E-state index is 0.268. The third kappa shape index (κ3) is 4.73. The molecule has 0 amide bonds. The van der Waals surface area contributed by atoms with Gasteiger partial charge >= 0.3 is 0 Å². The number of hydrogen-bond acceptors (Lipinski definition) is 3. The Bertz CT molecular complexity index is 261. The number of hydrazine groups is 1. The minimum Gasteiger partial charge on any atom is -0.271 e. The molecule has 3 nitrogen and oxygen atoms in total. The molecule has 1 aromatic rings. The highest BCUT2D eigenvalue weighted by Gasteiger charge is 2.08. The second kappa shape index (κ2) is 8.25. The summed E-state index contributed by atoms with van der Waals surface area (Å²) in [5.41, 5.74) is 4.11. The lowest BCUT2D eigenvalue weighted by Gasteiger charge is -2.15. The third-order valence-electron chi connectivity index (χ3n) is 2.91. The Kier molecular flexibility index (Phi) is 6.77. The molecule has 3 heteroatoms. The summed E-state index contributed by atoms with van der Waals surface area (Å²) in [5.74, 6) is 5.58. The van der Waals surface area contributed by atoms with Crippen molar-refractivity contribution in [2.75, 3.05) is 0 Å². The molecule has 0 fully saturated rings. The molecule has 90 valence electrons. The standard InChI is InChI=1S/C13H23N3/c1-2-3-4-5-6-7-13(16-14)12-8-10-15-11-9-12/h8-11,13,16H,2-7,14H2,1H3. The van der Waals surface area contributed by atoms with E-state index in [4.69, 9.17) is 5.84 Å². The SMILES string of the molecule is CCCCCCCC(NN)c1ccncc1. The van der Waals surface area contributed by atoms with Crippen LogP contribution in [0.1, 0.15) is 57.1 Å². The van der Waals surface area contributed by atoms with E-state index < -0.39 is 0 Å². The monoisotopic (exact) mass is 221 g/mol. The summed E-state index contributed by atoms with van der Waals surface area (Å²) in [5, 5.41) is 0. The molecule has 1 unspecified atom stereocenters. The summed E-state index contributed by atoms with van der Waals surface area (Å²) in [4.78, 5) is 4.01. The number of nitrogens with two attached hydrogens (primary N) is 1. The van der Waals surface area contributed by atoms with Crippen LogP contribution >= 0.6 is 0 Å². The molecule has 3 N–H and O–H groups in total. The lowest BCUT2D eigenvalue weighted by Crippen LogP contribution is -2.27. The van der Waals surface area contributed by atoms with Crippen LogP contribution in [0.3, 0.4) is 0 Å². The molecule has 0 bridgehead atoms. The third-order valence-corrected chi connectivity index (χ3v) is 2.91. The maximum Gasteiger partial charge on any atom is 0.0461 e. The first kappa shape index (κ1) is 13.1. The summed E-state index contributed by atoms with van der Waals surface area (Å²) >= 11 is 0. The van der Waals surface area contributed by atoms with E-state index >= 15 is 0 Å². The predicted octanol–water partition coefficient (Wildman–Crippen LogP) is 2.95. The van der Waals surface area contributed by atoms with Gasteiger partial charge in [0.05, 0.1) is 0 Å². The van der Waals surface area contributed by atoms with E-state index in [0.29, 0.717) is 0 Å². The van der Waals surface area contributed by atoms with E-state index in [9.17, 15) is 0 Å². The van der Waals surface area contributed by atoms with Gasteiger partial charge < -0.3 is 0 Å². The van der Waals surface area contributed by atoms with E-state index in [1.807, 2.05) is 24.5 Å². The maximum atomic E-state index is 5.58. The molecular formula is C13H23N3. The molecule has 1 heterocycles. The fraction of sp³-hybridized carbons (Fsp3) is 0.615. The Balaban J connectivity index is 2.27. The molecular weight excluding hydrogens is 198 g/mol. The van der Waals surface area contributed by atoms with Crippen molar-refractivity contribution in [3.05, 3.63) is 30.1 Å². The Morgan fingerprint density at radius 1 is 1.19 bits per heavy atom. The summed E-state index contributed by atoms with van der Waals surface area (Å²) in [6.45, 7) is 2.24. The topological polar surface area (TPSA) is 50.9 Å². The zero-order valence-electron chi connectivity index (χ0n) is 10.2. The van der Waals surface area contributed by atoms with Crippen molar-refractivity contribution in [2.24, 2.45) is 5.84 Å². The van der Waals surface area contributed by atoms with Gasteiger partial charge in [0.25, 0.3) is 0 Å². The van der Waals surface area contributed by atoms with Crippen LogP contribution in [0.4, 0.5) is 0 Å². The fourth-order valence-corrected chi connectivity index (χ4v) is 1.89. The molecule has 1 rings (SSSR count). The van der Waals surface area contributed by atoms with E-state index in [1.54, 1.807) is 0 Å². The summed E-state index contributed by atoms with van der Waals surface area (Å²) in [6.07, 6.45) is 11.2. The molecule has 0 aliphatic heterocycles. The van der Waals surface area contributed by atoms with Gasteiger partial charge in [-0.15, -0.1) is 0 Å². The van der Waals surface area contributed by atoms with Crippen LogP contribution in [-0.2, 0) is 0 Å². The average Bonchev–Trinajstić information content (AvgIpc) is 2.35. The summed E-state index contributed by atoms with van der Waals surface area (Å²) in [6, 6.07) is 4.32.